The van der Waals surface area contributed by atoms with Crippen LogP contribution in [0.15, 0.2) is 72.8 Å². The highest BCUT2D eigenvalue weighted by atomic mass is 79.9. The van der Waals surface area contributed by atoms with Gasteiger partial charge in [0.25, 0.3) is 0 Å². The van der Waals surface area contributed by atoms with Crippen molar-refractivity contribution < 1.29 is 9.90 Å². The Hall–Kier alpha value is -2.96. The number of imidazole rings is 1. The molecule has 0 fully saturated rings. The highest BCUT2D eigenvalue weighted by Crippen LogP contribution is 2.21. The lowest BCUT2D eigenvalue weighted by atomic mass is 10.0. The Morgan fingerprint density at radius 3 is 2.06 bits per heavy atom. The van der Waals surface area contributed by atoms with E-state index in [2.05, 4.69) is 24.3 Å². The van der Waals surface area contributed by atoms with Gasteiger partial charge in [-0.2, -0.15) is 0 Å². The van der Waals surface area contributed by atoms with E-state index in [9.17, 15) is 9.90 Å². The lowest BCUT2D eigenvalue weighted by Gasteiger charge is -2.17. The van der Waals surface area contributed by atoms with Crippen molar-refractivity contribution in [3.63, 3.8) is 0 Å². The Balaban J connectivity index is 0.00000289. The van der Waals surface area contributed by atoms with Crippen LogP contribution in [0, 0.1) is 19.3 Å². The number of aliphatic hydroxyl groups excluding tert-OH is 1. The average molecular weight is 494 g/mol. The van der Waals surface area contributed by atoms with E-state index in [0.717, 1.165) is 22.2 Å². The zero-order chi connectivity index (χ0) is 22.0. The number of aromatic nitrogens is 2. The van der Waals surface area contributed by atoms with E-state index in [0.29, 0.717) is 12.0 Å². The van der Waals surface area contributed by atoms with Crippen molar-refractivity contribution >= 4 is 33.8 Å². The van der Waals surface area contributed by atoms with Crippen molar-refractivity contribution in [2.24, 2.45) is 0 Å². The van der Waals surface area contributed by atoms with Crippen molar-refractivity contribution in [3.8, 4) is 0 Å². The van der Waals surface area contributed by atoms with Gasteiger partial charge in [-0.25, -0.2) is 0 Å². The monoisotopic (exact) mass is 493 g/mol. The number of ketones is 1. The maximum Gasteiger partial charge on any atom is 0.203 e. The topological polar surface area (TPSA) is 71.0 Å². The van der Waals surface area contributed by atoms with Gasteiger partial charge in [0.2, 0.25) is 5.62 Å². The molecule has 0 saturated carbocycles. The number of carbonyl (C=O) groups is 1. The minimum Gasteiger partial charge on any atom is -0.394 e. The first-order valence-corrected chi connectivity index (χ1v) is 10.5. The van der Waals surface area contributed by atoms with Crippen LogP contribution in [0.5, 0.6) is 0 Å². The highest BCUT2D eigenvalue weighted by molar-refractivity contribution is 8.93. The van der Waals surface area contributed by atoms with Gasteiger partial charge in [0.15, 0.2) is 5.78 Å². The van der Waals surface area contributed by atoms with E-state index in [-0.39, 0.29) is 47.6 Å². The summed E-state index contributed by atoms with van der Waals surface area (Å²) in [6.07, 6.45) is 0.604. The van der Waals surface area contributed by atoms with Crippen molar-refractivity contribution in [1.82, 2.24) is 9.13 Å². The third-order valence-electron chi connectivity index (χ3n) is 5.76. The molecule has 0 radical (unpaired) electrons. The number of fused-ring (bicyclic) bond motifs is 1. The van der Waals surface area contributed by atoms with Gasteiger partial charge in [-0.1, -0.05) is 71.8 Å². The van der Waals surface area contributed by atoms with Crippen LogP contribution >= 0.6 is 17.0 Å². The lowest BCUT2D eigenvalue weighted by molar-refractivity contribution is 0.0971. The number of halogens is 1. The Kier molecular flexibility index (Phi) is 7.48. The van der Waals surface area contributed by atoms with Crippen LogP contribution in [0.1, 0.15) is 33.1 Å². The molecule has 0 amide bonds. The molecule has 0 spiro atoms. The molecular weight excluding hydrogens is 466 g/mol. The van der Waals surface area contributed by atoms with Gasteiger partial charge >= 0.3 is 0 Å². The first kappa shape index (κ1) is 23.7. The third kappa shape index (κ3) is 4.76. The van der Waals surface area contributed by atoms with Crippen LogP contribution in [-0.4, -0.2) is 26.6 Å². The Labute approximate surface area is 198 Å². The molecule has 0 bridgehead atoms. The second kappa shape index (κ2) is 10.1. The molecule has 0 aliphatic carbocycles. The van der Waals surface area contributed by atoms with E-state index in [1.54, 1.807) is 4.57 Å². The molecule has 0 saturated heterocycles. The third-order valence-corrected chi connectivity index (χ3v) is 5.76. The van der Waals surface area contributed by atoms with Crippen molar-refractivity contribution in [2.75, 3.05) is 6.61 Å². The van der Waals surface area contributed by atoms with Gasteiger partial charge < -0.3 is 14.2 Å². The van der Waals surface area contributed by atoms with Crippen molar-refractivity contribution in [1.29, 1.82) is 5.41 Å². The van der Waals surface area contributed by atoms with Gasteiger partial charge in [-0.3, -0.25) is 10.2 Å². The van der Waals surface area contributed by atoms with Crippen LogP contribution in [0.25, 0.3) is 11.0 Å². The average Bonchev–Trinajstić information content (AvgIpc) is 3.05. The van der Waals surface area contributed by atoms with E-state index < -0.39 is 0 Å². The predicted octanol–water partition coefficient (Wildman–Crippen LogP) is 4.78. The molecule has 166 valence electrons. The smallest absolute Gasteiger partial charge is 0.203 e. The molecule has 1 heterocycles. The van der Waals surface area contributed by atoms with Crippen LogP contribution < -0.4 is 5.62 Å². The quantitative estimate of drug-likeness (QED) is 0.363. The number of aryl methyl sites for hydroxylation is 2. The summed E-state index contributed by atoms with van der Waals surface area (Å²) in [5.41, 5.74) is 5.89. The largest absolute Gasteiger partial charge is 0.394 e. The molecule has 0 aliphatic heterocycles. The number of hydrogen-bond donors (Lipinski definition) is 2. The predicted molar refractivity (Wildman–Crippen MR) is 133 cm³/mol. The fraction of sp³-hybridized carbons (Fsp3) is 0.231. The number of Topliss-reactive ketones (excluding diaryl/α,β-unsaturated/α-hetero) is 1. The molecule has 4 rings (SSSR count). The fourth-order valence-corrected chi connectivity index (χ4v) is 3.99. The van der Waals surface area contributed by atoms with E-state index in [4.69, 9.17) is 5.41 Å². The summed E-state index contributed by atoms with van der Waals surface area (Å²) < 4.78 is 3.58. The van der Waals surface area contributed by atoms with Gasteiger partial charge in [0.05, 0.1) is 30.2 Å². The Bertz CT molecular complexity index is 1270. The molecule has 32 heavy (non-hydrogen) atoms. The second-order valence-corrected chi connectivity index (χ2v) is 8.08. The van der Waals surface area contributed by atoms with Crippen LogP contribution in [0.2, 0.25) is 0 Å². The van der Waals surface area contributed by atoms with Crippen molar-refractivity contribution in [2.45, 2.75) is 32.9 Å². The summed E-state index contributed by atoms with van der Waals surface area (Å²) >= 11 is 0. The first-order valence-electron chi connectivity index (χ1n) is 10.5. The van der Waals surface area contributed by atoms with Gasteiger partial charge in [0, 0.05) is 5.56 Å². The number of aliphatic hydroxyl groups is 1. The summed E-state index contributed by atoms with van der Waals surface area (Å²) in [4.78, 5) is 12.9. The van der Waals surface area contributed by atoms with Crippen LogP contribution in [0.4, 0.5) is 0 Å². The standard InChI is InChI=1S/C26H27N3O2.BrH/c1-18-7-11-20(12-8-18)15-22(17-30)29-24-6-4-3-5-23(24)28(26(29)27)16-25(31)21-13-9-19(2)10-14-21;/h3-14,22,27,30H,15-17H2,1-2H3;1H. The maximum absolute atomic E-state index is 12.9. The molecule has 5 nitrogen and oxygen atoms in total. The van der Waals surface area contributed by atoms with Crippen molar-refractivity contribution in [3.05, 3.63) is 101 Å². The fourth-order valence-electron chi connectivity index (χ4n) is 3.99. The van der Waals surface area contributed by atoms with E-state index in [1.165, 1.54) is 5.56 Å². The highest BCUT2D eigenvalue weighted by Gasteiger charge is 2.20. The lowest BCUT2D eigenvalue weighted by Crippen LogP contribution is -2.32. The summed E-state index contributed by atoms with van der Waals surface area (Å²) in [5.74, 6) is -0.0412. The number of nitrogens with one attached hydrogen (secondary N) is 1. The summed E-state index contributed by atoms with van der Waals surface area (Å²) in [6, 6.07) is 23.1. The van der Waals surface area contributed by atoms with Crippen LogP contribution in [0.3, 0.4) is 0 Å². The molecule has 1 unspecified atom stereocenters. The van der Waals surface area contributed by atoms with E-state index >= 15 is 0 Å². The summed E-state index contributed by atoms with van der Waals surface area (Å²) in [7, 11) is 0. The molecular formula is C26H28BrN3O2. The zero-order valence-corrected chi connectivity index (χ0v) is 20.0. The van der Waals surface area contributed by atoms with Gasteiger partial charge in [-0.15, -0.1) is 17.0 Å². The summed E-state index contributed by atoms with van der Waals surface area (Å²) in [6.45, 7) is 4.02. The number of para-hydroxylation sites is 2. The number of benzene rings is 3. The minimum atomic E-state index is -0.296. The molecule has 1 aromatic heterocycles. The molecule has 2 N–H and O–H groups in total. The molecule has 4 aromatic rings. The minimum absolute atomic E-state index is 0. The summed E-state index contributed by atoms with van der Waals surface area (Å²) in [5, 5.41) is 19.1. The molecule has 0 aliphatic rings. The van der Waals surface area contributed by atoms with Crippen LogP contribution in [-0.2, 0) is 13.0 Å². The normalized spacial score (nSPS) is 11.8. The SMILES string of the molecule is Br.Cc1ccc(CC(CO)n2c(=N)n(CC(=O)c3ccc(C)cc3)c3ccccc32)cc1. The van der Waals surface area contributed by atoms with Gasteiger partial charge in [0.1, 0.15) is 0 Å². The number of carbonyl (C=O) groups excluding carboxylic acids is 1. The first-order chi connectivity index (χ1) is 15.0. The molecule has 3 aromatic carbocycles. The molecule has 6 heteroatoms. The van der Waals surface area contributed by atoms with E-state index in [1.807, 2.05) is 66.9 Å². The van der Waals surface area contributed by atoms with Gasteiger partial charge in [-0.05, 0) is 38.0 Å². The number of rotatable bonds is 7. The maximum atomic E-state index is 12.9. The molecule has 1 atom stereocenters. The zero-order valence-electron chi connectivity index (χ0n) is 18.3. The Morgan fingerprint density at radius 2 is 1.47 bits per heavy atom. The number of hydrogen-bond acceptors (Lipinski definition) is 3. The number of nitrogens with zero attached hydrogens (tertiary/aromatic N) is 2. The second-order valence-electron chi connectivity index (χ2n) is 8.08. The Morgan fingerprint density at radius 1 is 0.906 bits per heavy atom.